The maximum atomic E-state index is 12.3. The van der Waals surface area contributed by atoms with E-state index in [1.807, 2.05) is 0 Å². The van der Waals surface area contributed by atoms with Crippen molar-refractivity contribution in [3.05, 3.63) is 21.0 Å². The third-order valence-corrected chi connectivity index (χ3v) is 4.98. The van der Waals surface area contributed by atoms with Gasteiger partial charge >= 0.3 is 0 Å². The number of methoxy groups -OCH3 is 1. The lowest BCUT2D eigenvalue weighted by atomic mass is 10.0. The van der Waals surface area contributed by atoms with Gasteiger partial charge in [-0.25, -0.2) is 4.68 Å². The van der Waals surface area contributed by atoms with Gasteiger partial charge in [-0.15, -0.1) is 0 Å². The van der Waals surface area contributed by atoms with Gasteiger partial charge < -0.3 is 14.8 Å². The Morgan fingerprint density at radius 3 is 3.05 bits per heavy atom. The first-order valence-electron chi connectivity index (χ1n) is 7.26. The summed E-state index contributed by atoms with van der Waals surface area (Å²) in [5, 5.41) is 7.51. The summed E-state index contributed by atoms with van der Waals surface area (Å²) in [5.41, 5.74) is 0.305. The largest absolute Gasteiger partial charge is 0.380 e. The predicted octanol–water partition coefficient (Wildman–Crippen LogP) is 1.63. The van der Waals surface area contributed by atoms with E-state index >= 15 is 0 Å². The van der Waals surface area contributed by atoms with Crippen LogP contribution in [0.3, 0.4) is 0 Å². The fraction of sp³-hybridized carbons (Fsp3) is 0.714. The minimum atomic E-state index is -0.317. The third kappa shape index (κ3) is 3.30. The van der Waals surface area contributed by atoms with Gasteiger partial charge in [0.05, 0.1) is 18.5 Å². The molecule has 3 rings (SSSR count). The number of rotatable bonds is 6. The Morgan fingerprint density at radius 1 is 1.62 bits per heavy atom. The van der Waals surface area contributed by atoms with E-state index in [0.717, 1.165) is 6.42 Å². The molecule has 7 heteroatoms. The van der Waals surface area contributed by atoms with Gasteiger partial charge in [-0.2, -0.15) is 5.10 Å². The van der Waals surface area contributed by atoms with Crippen molar-refractivity contribution in [1.82, 2.24) is 9.78 Å². The first-order chi connectivity index (χ1) is 10.1. The van der Waals surface area contributed by atoms with Gasteiger partial charge in [-0.1, -0.05) is 0 Å². The van der Waals surface area contributed by atoms with Crippen LogP contribution < -0.4 is 10.9 Å². The number of aromatic nitrogens is 2. The van der Waals surface area contributed by atoms with Crippen LogP contribution in [-0.2, 0) is 16.0 Å². The molecule has 1 N–H and O–H groups in total. The number of ether oxygens (including phenoxy) is 2. The minimum absolute atomic E-state index is 0.0824. The van der Waals surface area contributed by atoms with E-state index in [0.29, 0.717) is 42.4 Å². The second-order valence-electron chi connectivity index (χ2n) is 5.85. The van der Waals surface area contributed by atoms with Crippen LogP contribution in [0.4, 0.5) is 5.69 Å². The highest BCUT2D eigenvalue weighted by Crippen LogP contribution is 2.30. The Morgan fingerprint density at radius 2 is 2.43 bits per heavy atom. The molecule has 2 fully saturated rings. The zero-order valence-electron chi connectivity index (χ0n) is 12.1. The number of nitrogens with one attached hydrogen (secondary N) is 1. The molecular formula is C14H20BrN3O3. The fourth-order valence-corrected chi connectivity index (χ4v) is 2.93. The maximum absolute atomic E-state index is 12.3. The second kappa shape index (κ2) is 6.06. The fourth-order valence-electron chi connectivity index (χ4n) is 2.48. The zero-order valence-corrected chi connectivity index (χ0v) is 13.7. The molecule has 1 unspecified atom stereocenters. The van der Waals surface area contributed by atoms with Gasteiger partial charge in [0.1, 0.15) is 10.1 Å². The lowest BCUT2D eigenvalue weighted by Gasteiger charge is -2.26. The van der Waals surface area contributed by atoms with Crippen molar-refractivity contribution in [2.75, 3.05) is 32.2 Å². The van der Waals surface area contributed by atoms with Crippen molar-refractivity contribution in [3.8, 4) is 0 Å². The highest BCUT2D eigenvalue weighted by molar-refractivity contribution is 9.10. The SMILES string of the molecule is COC1(CNc2cnn(CC3CC3)c(=O)c2Br)CCOC1. The summed E-state index contributed by atoms with van der Waals surface area (Å²) >= 11 is 3.38. The number of halogens is 1. The molecule has 0 aromatic carbocycles. The van der Waals surface area contributed by atoms with Crippen LogP contribution in [0.2, 0.25) is 0 Å². The van der Waals surface area contributed by atoms with Crippen LogP contribution in [0, 0.1) is 5.92 Å². The second-order valence-corrected chi connectivity index (χ2v) is 6.64. The van der Waals surface area contributed by atoms with E-state index in [4.69, 9.17) is 9.47 Å². The Labute approximate surface area is 131 Å². The molecule has 2 aliphatic rings. The lowest BCUT2D eigenvalue weighted by molar-refractivity contribution is -0.00621. The smallest absolute Gasteiger partial charge is 0.283 e. The van der Waals surface area contributed by atoms with Crippen molar-refractivity contribution in [2.45, 2.75) is 31.4 Å². The van der Waals surface area contributed by atoms with Crippen LogP contribution in [-0.4, -0.2) is 42.2 Å². The van der Waals surface area contributed by atoms with Crippen LogP contribution in [0.25, 0.3) is 0 Å². The quantitative estimate of drug-likeness (QED) is 0.838. The topological polar surface area (TPSA) is 65.4 Å². The summed E-state index contributed by atoms with van der Waals surface area (Å²) in [6, 6.07) is 0. The number of anilines is 1. The predicted molar refractivity (Wildman–Crippen MR) is 82.6 cm³/mol. The normalized spacial score (nSPS) is 25.2. The summed E-state index contributed by atoms with van der Waals surface area (Å²) in [6.45, 7) is 2.58. The highest BCUT2D eigenvalue weighted by Gasteiger charge is 2.35. The highest BCUT2D eigenvalue weighted by atomic mass is 79.9. The maximum Gasteiger partial charge on any atom is 0.283 e. The van der Waals surface area contributed by atoms with Crippen molar-refractivity contribution < 1.29 is 9.47 Å². The molecule has 1 atom stereocenters. The molecule has 1 aliphatic carbocycles. The van der Waals surface area contributed by atoms with Gasteiger partial charge in [-0.05, 0) is 34.7 Å². The molecule has 1 aromatic heterocycles. The van der Waals surface area contributed by atoms with Gasteiger partial charge in [0.2, 0.25) is 0 Å². The van der Waals surface area contributed by atoms with E-state index in [1.165, 1.54) is 17.5 Å². The molecule has 1 aliphatic heterocycles. The summed E-state index contributed by atoms with van der Waals surface area (Å²) < 4.78 is 13.0. The van der Waals surface area contributed by atoms with E-state index in [1.54, 1.807) is 13.3 Å². The number of nitrogens with zero attached hydrogens (tertiary/aromatic N) is 2. The Hall–Kier alpha value is -0.920. The molecule has 0 spiro atoms. The monoisotopic (exact) mass is 357 g/mol. The average Bonchev–Trinajstić information content (AvgIpc) is 3.19. The summed E-state index contributed by atoms with van der Waals surface area (Å²) in [6.07, 6.45) is 4.94. The van der Waals surface area contributed by atoms with E-state index in [2.05, 4.69) is 26.3 Å². The molecule has 0 radical (unpaired) electrons. The summed E-state index contributed by atoms with van der Waals surface area (Å²) in [5.74, 6) is 0.619. The van der Waals surface area contributed by atoms with Crippen molar-refractivity contribution in [1.29, 1.82) is 0 Å². The summed E-state index contributed by atoms with van der Waals surface area (Å²) in [7, 11) is 1.69. The van der Waals surface area contributed by atoms with Gasteiger partial charge in [0.25, 0.3) is 5.56 Å². The zero-order chi connectivity index (χ0) is 14.9. The molecule has 6 nitrogen and oxygen atoms in total. The van der Waals surface area contributed by atoms with E-state index in [9.17, 15) is 4.79 Å². The standard InChI is InChI=1S/C14H20BrN3O3/c1-20-14(4-5-21-9-14)8-16-11-6-17-18(7-10-2-3-10)13(19)12(11)15/h6,10,16H,2-5,7-9H2,1H3. The van der Waals surface area contributed by atoms with Gasteiger partial charge in [0, 0.05) is 33.2 Å². The average molecular weight is 358 g/mol. The first-order valence-corrected chi connectivity index (χ1v) is 8.05. The molecule has 116 valence electrons. The van der Waals surface area contributed by atoms with E-state index < -0.39 is 0 Å². The Kier molecular flexibility index (Phi) is 4.33. The molecule has 1 aromatic rings. The molecular weight excluding hydrogens is 338 g/mol. The van der Waals surface area contributed by atoms with Crippen LogP contribution >= 0.6 is 15.9 Å². The Balaban J connectivity index is 1.70. The van der Waals surface area contributed by atoms with E-state index in [-0.39, 0.29) is 11.2 Å². The summed E-state index contributed by atoms with van der Waals surface area (Å²) in [4.78, 5) is 12.3. The van der Waals surface area contributed by atoms with Crippen LogP contribution in [0.15, 0.2) is 15.5 Å². The minimum Gasteiger partial charge on any atom is -0.380 e. The number of hydrogen-bond donors (Lipinski definition) is 1. The molecule has 0 bridgehead atoms. The first kappa shape index (κ1) is 15.0. The molecule has 0 amide bonds. The van der Waals surface area contributed by atoms with Crippen molar-refractivity contribution >= 4 is 21.6 Å². The Bertz CT molecular complexity index is 565. The third-order valence-electron chi connectivity index (χ3n) is 4.21. The van der Waals surface area contributed by atoms with Crippen molar-refractivity contribution in [2.24, 2.45) is 5.92 Å². The van der Waals surface area contributed by atoms with Gasteiger partial charge in [0.15, 0.2) is 0 Å². The number of hydrogen-bond acceptors (Lipinski definition) is 5. The lowest BCUT2D eigenvalue weighted by Crippen LogP contribution is -2.40. The molecule has 21 heavy (non-hydrogen) atoms. The molecule has 1 saturated carbocycles. The molecule has 2 heterocycles. The van der Waals surface area contributed by atoms with Gasteiger partial charge in [-0.3, -0.25) is 4.79 Å². The van der Waals surface area contributed by atoms with Crippen molar-refractivity contribution in [3.63, 3.8) is 0 Å². The van der Waals surface area contributed by atoms with Crippen LogP contribution in [0.1, 0.15) is 19.3 Å². The van der Waals surface area contributed by atoms with Crippen LogP contribution in [0.5, 0.6) is 0 Å². The molecule has 1 saturated heterocycles.